The summed E-state index contributed by atoms with van der Waals surface area (Å²) in [5.74, 6) is -5.55. The quantitative estimate of drug-likeness (QED) is 0.0501. The summed E-state index contributed by atoms with van der Waals surface area (Å²) >= 11 is 2.20. The molecule has 17 heteroatoms. The Balaban J connectivity index is 1.29. The van der Waals surface area contributed by atoms with Gasteiger partial charge in [0, 0.05) is 23.2 Å². The highest BCUT2D eigenvalue weighted by Gasteiger charge is 2.80. The predicted octanol–water partition coefficient (Wildman–Crippen LogP) is 4.18. The van der Waals surface area contributed by atoms with E-state index in [9.17, 15) is 29.1 Å². The van der Waals surface area contributed by atoms with E-state index in [0.717, 1.165) is 10.8 Å². The molecule has 0 radical (unpaired) electrons. The first-order valence-electron chi connectivity index (χ1n) is 19.1. The first-order valence-corrected chi connectivity index (χ1v) is 20.6. The molecule has 0 spiro atoms. The van der Waals surface area contributed by atoms with Crippen LogP contribution in [0.1, 0.15) is 98.3 Å². The molecule has 15 nitrogen and oxygen atoms in total. The number of unbranched alkanes of at least 4 members (excludes halogenated alkanes) is 3. The SMILES string of the molecule is CC1(C)O[C@@H]2C[C@H]3[C@@H]4CCC5=CC(=O)C=C[C@]5(C)[C@@]4(F)[C@@H](O)C[C@]3(C)[C@]2(C(=O)COC(=O)CC(NC(=O)CCCCCON(O)O)C(=O)OCCCCI)O1. The number of carbonyl (C=O) groups is 5. The van der Waals surface area contributed by atoms with Gasteiger partial charge in [0.05, 0.1) is 37.2 Å². The molecule has 0 bridgehead atoms. The molecule has 1 saturated heterocycles. The third-order valence-corrected chi connectivity index (χ3v) is 13.2. The van der Waals surface area contributed by atoms with Crippen LogP contribution in [0, 0.1) is 22.7 Å². The van der Waals surface area contributed by atoms with Gasteiger partial charge in [-0.2, -0.15) is 0 Å². The van der Waals surface area contributed by atoms with Gasteiger partial charge in [0.25, 0.3) is 0 Å². The zero-order valence-electron chi connectivity index (χ0n) is 31.9. The molecule has 3 saturated carbocycles. The van der Waals surface area contributed by atoms with Crippen molar-refractivity contribution in [2.75, 3.05) is 24.2 Å². The molecule has 5 aliphatic rings. The number of hydrogen-bond acceptors (Lipinski definition) is 14. The maximum absolute atomic E-state index is 17.7. The Kier molecular flexibility index (Phi) is 13.7. The van der Waals surface area contributed by atoms with Crippen LogP contribution in [0.4, 0.5) is 4.39 Å². The van der Waals surface area contributed by atoms with Crippen LogP contribution in [0.5, 0.6) is 0 Å². The minimum absolute atomic E-state index is 0.00304. The number of ketones is 2. The Labute approximate surface area is 333 Å². The molecule has 4 aliphatic carbocycles. The minimum atomic E-state index is -2.14. The van der Waals surface area contributed by atoms with E-state index in [-0.39, 0.29) is 38.3 Å². The number of esters is 2. The predicted molar refractivity (Wildman–Crippen MR) is 198 cm³/mol. The fraction of sp³-hybridized carbons (Fsp3) is 0.763. The number of allylic oxidation sites excluding steroid dienone is 4. The third-order valence-electron chi connectivity index (χ3n) is 12.4. The van der Waals surface area contributed by atoms with Crippen LogP contribution in [0.2, 0.25) is 0 Å². The molecule has 5 rings (SSSR count). The van der Waals surface area contributed by atoms with E-state index in [2.05, 4.69) is 32.7 Å². The molecular weight excluding hydrogens is 838 g/mol. The number of aliphatic hydroxyl groups excluding tert-OH is 1. The molecular formula is C38H54FIN2O13. The zero-order chi connectivity index (χ0) is 40.4. The van der Waals surface area contributed by atoms with E-state index in [4.69, 9.17) is 29.4 Å². The second-order valence-corrected chi connectivity index (χ2v) is 17.3. The van der Waals surface area contributed by atoms with E-state index < -0.39 is 100 Å². The number of nitrogens with zero attached hydrogens (tertiary/aromatic N) is 1. The fourth-order valence-electron chi connectivity index (χ4n) is 9.93. The van der Waals surface area contributed by atoms with Crippen LogP contribution in [0.15, 0.2) is 23.8 Å². The standard InChI is InChI=1S/C38H54FIN2O13/c1-34(2)54-30-19-26-25-12-11-23-18-24(43)13-14-35(23,3)37(25,39)28(44)21-36(26,4)38(30,55-34)29(45)22-52-32(47)20-27(33(48)51-16-9-7-15-40)41-31(46)10-6-5-8-17-53-42(49)50/h13-14,18,25-28,30,44,49-50H,5-12,15-17,19-22H2,1-4H3,(H,41,46)/t25-,26-,27?,28-,30+,35-,36-,37-,38+/m0/s1. The van der Waals surface area contributed by atoms with Crippen LogP contribution in [-0.4, -0.2) is 110 Å². The topological polar surface area (TPSA) is 207 Å². The number of ether oxygens (including phenoxy) is 4. The molecule has 1 amide bonds. The van der Waals surface area contributed by atoms with Crippen molar-refractivity contribution in [2.45, 2.75) is 134 Å². The lowest BCUT2D eigenvalue weighted by molar-refractivity contribution is -0.492. The fourth-order valence-corrected chi connectivity index (χ4v) is 10.5. The Morgan fingerprint density at radius 2 is 1.78 bits per heavy atom. The van der Waals surface area contributed by atoms with Gasteiger partial charge < -0.3 is 29.4 Å². The molecule has 1 aliphatic heterocycles. The normalized spacial score (nSPS) is 34.9. The van der Waals surface area contributed by atoms with Gasteiger partial charge >= 0.3 is 11.9 Å². The monoisotopic (exact) mass is 892 g/mol. The Morgan fingerprint density at radius 1 is 1.05 bits per heavy atom. The van der Waals surface area contributed by atoms with Gasteiger partial charge in [-0.25, -0.2) is 9.18 Å². The lowest BCUT2D eigenvalue weighted by atomic mass is 9.44. The van der Waals surface area contributed by atoms with E-state index in [0.29, 0.717) is 44.1 Å². The van der Waals surface area contributed by atoms with Crippen LogP contribution in [0.3, 0.4) is 0 Å². The summed E-state index contributed by atoms with van der Waals surface area (Å²) in [7, 11) is 0. The second-order valence-electron chi connectivity index (χ2n) is 16.2. The summed E-state index contributed by atoms with van der Waals surface area (Å²) in [5.41, 5.74) is -5.57. The molecule has 0 aromatic rings. The first-order chi connectivity index (χ1) is 25.8. The summed E-state index contributed by atoms with van der Waals surface area (Å²) in [5, 5.41) is 31.2. The number of amides is 1. The van der Waals surface area contributed by atoms with E-state index >= 15 is 4.39 Å². The van der Waals surface area contributed by atoms with Gasteiger partial charge in [-0.3, -0.25) is 34.4 Å². The number of carbonyl (C=O) groups excluding carboxylic acids is 5. The number of fused-ring (bicyclic) bond motifs is 7. The number of hydrogen-bond donors (Lipinski definition) is 4. The average Bonchev–Trinajstić information content (AvgIpc) is 3.52. The molecule has 0 aromatic heterocycles. The highest BCUT2D eigenvalue weighted by Crippen LogP contribution is 2.72. The highest BCUT2D eigenvalue weighted by molar-refractivity contribution is 14.1. The van der Waals surface area contributed by atoms with Crippen molar-refractivity contribution in [1.82, 2.24) is 10.7 Å². The van der Waals surface area contributed by atoms with Crippen molar-refractivity contribution in [3.8, 4) is 0 Å². The number of Topliss-reactive ketones (excluding diaryl/α,β-unsaturated/α-hetero) is 1. The summed E-state index contributed by atoms with van der Waals surface area (Å²) in [4.78, 5) is 70.3. The van der Waals surface area contributed by atoms with Crippen LogP contribution < -0.4 is 5.32 Å². The molecule has 308 valence electrons. The second kappa shape index (κ2) is 17.2. The van der Waals surface area contributed by atoms with Crippen molar-refractivity contribution in [1.29, 1.82) is 0 Å². The lowest BCUT2D eigenvalue weighted by Gasteiger charge is -2.62. The van der Waals surface area contributed by atoms with Gasteiger partial charge in [0.2, 0.25) is 11.7 Å². The lowest BCUT2D eigenvalue weighted by Crippen LogP contribution is -2.70. The number of rotatable bonds is 18. The summed E-state index contributed by atoms with van der Waals surface area (Å²) < 4.78 is 42.2. The van der Waals surface area contributed by atoms with Gasteiger partial charge in [0.1, 0.15) is 6.04 Å². The molecule has 4 N–H and O–H groups in total. The van der Waals surface area contributed by atoms with Gasteiger partial charge in [-0.15, -0.1) is 0 Å². The highest BCUT2D eigenvalue weighted by atomic mass is 127. The van der Waals surface area contributed by atoms with Crippen molar-refractivity contribution in [3.63, 3.8) is 0 Å². The van der Waals surface area contributed by atoms with Crippen molar-refractivity contribution in [2.24, 2.45) is 22.7 Å². The summed E-state index contributed by atoms with van der Waals surface area (Å²) in [6.07, 6.45) is 4.97. The molecule has 1 heterocycles. The van der Waals surface area contributed by atoms with Crippen molar-refractivity contribution in [3.05, 3.63) is 23.8 Å². The van der Waals surface area contributed by atoms with E-state index in [1.807, 2.05) is 0 Å². The van der Waals surface area contributed by atoms with E-state index in [1.54, 1.807) is 33.8 Å². The molecule has 9 atom stereocenters. The summed E-state index contributed by atoms with van der Waals surface area (Å²) in [6.45, 7) is 6.18. The van der Waals surface area contributed by atoms with Crippen LogP contribution >= 0.6 is 22.6 Å². The van der Waals surface area contributed by atoms with Gasteiger partial charge in [-0.05, 0) is 94.6 Å². The largest absolute Gasteiger partial charge is 0.464 e. The maximum atomic E-state index is 17.7. The van der Waals surface area contributed by atoms with Crippen LogP contribution in [0.25, 0.3) is 0 Å². The third kappa shape index (κ3) is 8.45. The minimum Gasteiger partial charge on any atom is -0.464 e. The number of aliphatic hydroxyl groups is 1. The average molecular weight is 893 g/mol. The zero-order valence-corrected chi connectivity index (χ0v) is 34.0. The number of nitrogens with one attached hydrogen (secondary N) is 1. The molecule has 55 heavy (non-hydrogen) atoms. The smallest absolute Gasteiger partial charge is 0.329 e. The van der Waals surface area contributed by atoms with E-state index in [1.165, 1.54) is 12.2 Å². The molecule has 0 aromatic carbocycles. The van der Waals surface area contributed by atoms with Crippen molar-refractivity contribution >= 4 is 52.0 Å². The van der Waals surface area contributed by atoms with Gasteiger partial charge in [-0.1, -0.05) is 47.6 Å². The summed E-state index contributed by atoms with van der Waals surface area (Å²) in [6, 6.07) is -1.39. The van der Waals surface area contributed by atoms with Crippen LogP contribution in [-0.2, 0) is 47.8 Å². The van der Waals surface area contributed by atoms with Gasteiger partial charge in [0.15, 0.2) is 29.4 Å². The number of alkyl halides is 2. The Hall–Kier alpha value is -2.39. The number of halogens is 2. The Bertz CT molecular complexity index is 1560. The molecule has 1 unspecified atom stereocenters. The Morgan fingerprint density at radius 3 is 2.49 bits per heavy atom. The van der Waals surface area contributed by atoms with Crippen molar-refractivity contribution < 1.29 is 67.7 Å². The first kappa shape index (κ1) is 43.7. The maximum Gasteiger partial charge on any atom is 0.329 e. The molecule has 4 fully saturated rings.